The van der Waals surface area contributed by atoms with Crippen LogP contribution in [0.3, 0.4) is 0 Å². The SMILES string of the molecule is CCOC(=O)CC1(C(=O)NCc2ccccc2)CC=C(C)C(=O)O1. The first-order valence-corrected chi connectivity index (χ1v) is 7.85. The van der Waals surface area contributed by atoms with Crippen molar-refractivity contribution in [3.8, 4) is 0 Å². The van der Waals surface area contributed by atoms with Crippen molar-refractivity contribution in [1.82, 2.24) is 5.32 Å². The Morgan fingerprint density at radius 1 is 1.29 bits per heavy atom. The van der Waals surface area contributed by atoms with E-state index in [0.29, 0.717) is 5.57 Å². The second kappa shape index (κ2) is 7.77. The van der Waals surface area contributed by atoms with Crippen molar-refractivity contribution in [1.29, 1.82) is 0 Å². The molecule has 0 bridgehead atoms. The van der Waals surface area contributed by atoms with Gasteiger partial charge in [-0.25, -0.2) is 4.79 Å². The third-order valence-corrected chi connectivity index (χ3v) is 3.79. The molecule has 1 aliphatic rings. The molecule has 0 radical (unpaired) electrons. The number of carbonyl (C=O) groups is 3. The van der Waals surface area contributed by atoms with E-state index in [9.17, 15) is 14.4 Å². The summed E-state index contributed by atoms with van der Waals surface area (Å²) in [6, 6.07) is 9.35. The Bertz CT molecular complexity index is 653. The van der Waals surface area contributed by atoms with Crippen LogP contribution in [0, 0.1) is 0 Å². The number of cyclic esters (lactones) is 1. The van der Waals surface area contributed by atoms with Gasteiger partial charge in [0.2, 0.25) is 5.60 Å². The molecule has 24 heavy (non-hydrogen) atoms. The predicted molar refractivity (Wildman–Crippen MR) is 86.7 cm³/mol. The highest BCUT2D eigenvalue weighted by Gasteiger charge is 2.46. The molecule has 1 amide bonds. The van der Waals surface area contributed by atoms with E-state index in [0.717, 1.165) is 5.56 Å². The molecule has 6 heteroatoms. The Hall–Kier alpha value is -2.63. The molecule has 1 unspecified atom stereocenters. The number of carbonyl (C=O) groups excluding carboxylic acids is 3. The maximum atomic E-state index is 12.7. The zero-order chi connectivity index (χ0) is 17.6. The standard InChI is InChI=1S/C18H21NO5/c1-3-23-15(20)11-18(10-9-13(2)16(21)24-18)17(22)19-12-14-7-5-4-6-8-14/h4-9H,3,10-12H2,1-2H3,(H,19,22). The first-order chi connectivity index (χ1) is 11.5. The minimum atomic E-state index is -1.56. The van der Waals surface area contributed by atoms with E-state index in [4.69, 9.17) is 9.47 Å². The van der Waals surface area contributed by atoms with Crippen molar-refractivity contribution >= 4 is 17.8 Å². The van der Waals surface area contributed by atoms with Crippen LogP contribution in [0.4, 0.5) is 0 Å². The van der Waals surface area contributed by atoms with E-state index in [1.54, 1.807) is 19.9 Å². The van der Waals surface area contributed by atoms with Gasteiger partial charge < -0.3 is 14.8 Å². The first-order valence-electron chi connectivity index (χ1n) is 7.85. The predicted octanol–water partition coefficient (Wildman–Crippen LogP) is 1.89. The van der Waals surface area contributed by atoms with Crippen LogP contribution in [0.2, 0.25) is 0 Å². The lowest BCUT2D eigenvalue weighted by atomic mass is 9.90. The van der Waals surface area contributed by atoms with Gasteiger partial charge in [-0.1, -0.05) is 36.4 Å². The van der Waals surface area contributed by atoms with Crippen molar-refractivity contribution in [2.75, 3.05) is 6.61 Å². The molecule has 0 aromatic heterocycles. The van der Waals surface area contributed by atoms with Gasteiger partial charge in [-0.05, 0) is 19.4 Å². The third-order valence-electron chi connectivity index (χ3n) is 3.79. The molecule has 0 fully saturated rings. The molecule has 2 rings (SSSR count). The zero-order valence-corrected chi connectivity index (χ0v) is 13.8. The highest BCUT2D eigenvalue weighted by atomic mass is 16.6. The Morgan fingerprint density at radius 2 is 2.00 bits per heavy atom. The molecule has 1 aromatic rings. The number of benzene rings is 1. The maximum Gasteiger partial charge on any atom is 0.334 e. The van der Waals surface area contributed by atoms with Gasteiger partial charge in [-0.3, -0.25) is 9.59 Å². The van der Waals surface area contributed by atoms with Crippen LogP contribution in [0.5, 0.6) is 0 Å². The van der Waals surface area contributed by atoms with Crippen molar-refractivity contribution in [3.05, 3.63) is 47.5 Å². The normalized spacial score (nSPS) is 19.9. The van der Waals surface area contributed by atoms with Crippen LogP contribution in [0.25, 0.3) is 0 Å². The fraction of sp³-hybridized carbons (Fsp3) is 0.389. The van der Waals surface area contributed by atoms with Crippen LogP contribution >= 0.6 is 0 Å². The van der Waals surface area contributed by atoms with Gasteiger partial charge in [0.05, 0.1) is 13.0 Å². The average Bonchev–Trinajstić information content (AvgIpc) is 2.57. The summed E-state index contributed by atoms with van der Waals surface area (Å²) in [5, 5.41) is 2.74. The zero-order valence-electron chi connectivity index (χ0n) is 13.8. The summed E-state index contributed by atoms with van der Waals surface area (Å²) in [7, 11) is 0. The summed E-state index contributed by atoms with van der Waals surface area (Å²) >= 11 is 0. The maximum absolute atomic E-state index is 12.7. The number of hydrogen-bond donors (Lipinski definition) is 1. The number of ether oxygens (including phenoxy) is 2. The van der Waals surface area contributed by atoms with Crippen molar-refractivity contribution in [2.24, 2.45) is 0 Å². The van der Waals surface area contributed by atoms with Crippen LogP contribution in [-0.4, -0.2) is 30.1 Å². The van der Waals surface area contributed by atoms with E-state index >= 15 is 0 Å². The number of hydrogen-bond acceptors (Lipinski definition) is 5. The fourth-order valence-corrected chi connectivity index (χ4v) is 2.41. The van der Waals surface area contributed by atoms with Crippen molar-refractivity contribution in [2.45, 2.75) is 38.8 Å². The Kier molecular flexibility index (Phi) is 5.73. The van der Waals surface area contributed by atoms with E-state index in [1.807, 2.05) is 30.3 Å². The molecule has 6 nitrogen and oxygen atoms in total. The average molecular weight is 331 g/mol. The van der Waals surface area contributed by atoms with Gasteiger partial charge in [0.1, 0.15) is 0 Å². The molecule has 1 heterocycles. The van der Waals surface area contributed by atoms with E-state index in [-0.39, 0.29) is 26.0 Å². The lowest BCUT2D eigenvalue weighted by Crippen LogP contribution is -2.52. The topological polar surface area (TPSA) is 81.7 Å². The number of rotatable bonds is 6. The van der Waals surface area contributed by atoms with Gasteiger partial charge in [-0.15, -0.1) is 0 Å². The van der Waals surface area contributed by atoms with Crippen LogP contribution in [0.1, 0.15) is 32.3 Å². The van der Waals surface area contributed by atoms with E-state index < -0.39 is 23.4 Å². The third kappa shape index (κ3) is 4.22. The van der Waals surface area contributed by atoms with Crippen LogP contribution < -0.4 is 5.32 Å². The Balaban J connectivity index is 2.14. The van der Waals surface area contributed by atoms with Crippen molar-refractivity contribution in [3.63, 3.8) is 0 Å². The van der Waals surface area contributed by atoms with E-state index in [2.05, 4.69) is 5.32 Å². The summed E-state index contributed by atoms with van der Waals surface area (Å²) in [5.74, 6) is -1.68. The molecule has 1 N–H and O–H groups in total. The second-order valence-corrected chi connectivity index (χ2v) is 5.63. The minimum absolute atomic E-state index is 0.143. The molecule has 0 spiro atoms. The monoisotopic (exact) mass is 331 g/mol. The quantitative estimate of drug-likeness (QED) is 0.805. The minimum Gasteiger partial charge on any atom is -0.466 e. The molecule has 0 saturated heterocycles. The van der Waals surface area contributed by atoms with Gasteiger partial charge in [-0.2, -0.15) is 0 Å². The van der Waals surface area contributed by atoms with Gasteiger partial charge in [0.15, 0.2) is 0 Å². The molecular formula is C18H21NO5. The second-order valence-electron chi connectivity index (χ2n) is 5.63. The molecule has 1 aromatic carbocycles. The lowest BCUT2D eigenvalue weighted by Gasteiger charge is -2.33. The van der Waals surface area contributed by atoms with Crippen molar-refractivity contribution < 1.29 is 23.9 Å². The summed E-state index contributed by atoms with van der Waals surface area (Å²) in [6.45, 7) is 3.77. The number of amides is 1. The van der Waals surface area contributed by atoms with Gasteiger partial charge in [0.25, 0.3) is 5.91 Å². The smallest absolute Gasteiger partial charge is 0.334 e. The lowest BCUT2D eigenvalue weighted by molar-refractivity contribution is -0.173. The summed E-state index contributed by atoms with van der Waals surface area (Å²) in [6.07, 6.45) is 1.45. The molecule has 0 aliphatic carbocycles. The molecule has 1 aliphatic heterocycles. The summed E-state index contributed by atoms with van der Waals surface area (Å²) < 4.78 is 10.2. The summed E-state index contributed by atoms with van der Waals surface area (Å²) in [5.41, 5.74) is -0.228. The van der Waals surface area contributed by atoms with Crippen LogP contribution in [-0.2, 0) is 30.4 Å². The largest absolute Gasteiger partial charge is 0.466 e. The highest BCUT2D eigenvalue weighted by Crippen LogP contribution is 2.29. The summed E-state index contributed by atoms with van der Waals surface area (Å²) in [4.78, 5) is 36.4. The van der Waals surface area contributed by atoms with E-state index in [1.165, 1.54) is 0 Å². The fourth-order valence-electron chi connectivity index (χ4n) is 2.41. The Labute approximate surface area is 140 Å². The molecule has 128 valence electrons. The van der Waals surface area contributed by atoms with Gasteiger partial charge in [0, 0.05) is 18.5 Å². The molecule has 1 atom stereocenters. The van der Waals surface area contributed by atoms with Crippen LogP contribution in [0.15, 0.2) is 42.0 Å². The Morgan fingerprint density at radius 3 is 2.62 bits per heavy atom. The first kappa shape index (κ1) is 17.7. The van der Waals surface area contributed by atoms with Gasteiger partial charge >= 0.3 is 11.9 Å². The number of nitrogens with one attached hydrogen (secondary N) is 1. The number of esters is 2. The highest BCUT2D eigenvalue weighted by molar-refractivity contribution is 5.97. The molecular weight excluding hydrogens is 310 g/mol. The molecule has 0 saturated carbocycles.